The molecule has 2 aromatic rings. The van der Waals surface area contributed by atoms with Gasteiger partial charge in [0, 0.05) is 30.8 Å². The first-order valence-electron chi connectivity index (χ1n) is 5.75. The summed E-state index contributed by atoms with van der Waals surface area (Å²) in [5.74, 6) is 0.279. The zero-order chi connectivity index (χ0) is 14.6. The van der Waals surface area contributed by atoms with Gasteiger partial charge in [-0.3, -0.25) is 0 Å². The van der Waals surface area contributed by atoms with Crippen LogP contribution in [0.1, 0.15) is 5.56 Å². The summed E-state index contributed by atoms with van der Waals surface area (Å²) in [5.41, 5.74) is -0.366. The topological polar surface area (TPSA) is 47.0 Å². The molecular formula is C12H12F3N3OS. The molecule has 1 aromatic heterocycles. The normalized spacial score (nSPS) is 11.6. The largest absolute Gasteiger partial charge is 0.416 e. The number of halogens is 3. The molecule has 108 valence electrons. The molecule has 0 saturated heterocycles. The lowest BCUT2D eigenvalue weighted by atomic mass is 10.1. The molecule has 0 fully saturated rings. The van der Waals surface area contributed by atoms with E-state index in [0.717, 1.165) is 23.7 Å². The molecule has 0 saturated carbocycles. The van der Waals surface area contributed by atoms with Crippen LogP contribution in [0.3, 0.4) is 0 Å². The molecule has 1 aromatic carbocycles. The van der Waals surface area contributed by atoms with Crippen molar-refractivity contribution in [2.24, 2.45) is 0 Å². The summed E-state index contributed by atoms with van der Waals surface area (Å²) in [7, 11) is 1.58. The minimum atomic E-state index is -4.37. The van der Waals surface area contributed by atoms with Crippen LogP contribution in [-0.4, -0.2) is 29.6 Å². The Morgan fingerprint density at radius 2 is 2.15 bits per heavy atom. The molecule has 0 spiro atoms. The Kier molecular flexibility index (Phi) is 4.56. The second-order valence-corrected chi connectivity index (χ2v) is 4.67. The number of hydrogen-bond acceptors (Lipinski definition) is 5. The molecule has 0 aliphatic heterocycles. The molecule has 1 heterocycles. The van der Waals surface area contributed by atoms with Gasteiger partial charge in [-0.1, -0.05) is 12.1 Å². The fourth-order valence-electron chi connectivity index (χ4n) is 1.51. The number of rotatable bonds is 5. The lowest BCUT2D eigenvalue weighted by Gasteiger charge is -2.06. The van der Waals surface area contributed by atoms with E-state index in [0.29, 0.717) is 23.8 Å². The first-order valence-corrected chi connectivity index (χ1v) is 6.52. The van der Waals surface area contributed by atoms with Crippen molar-refractivity contribution >= 4 is 16.7 Å². The molecule has 20 heavy (non-hydrogen) atoms. The monoisotopic (exact) mass is 303 g/mol. The van der Waals surface area contributed by atoms with E-state index in [-0.39, 0.29) is 5.82 Å². The molecule has 0 aliphatic carbocycles. The van der Waals surface area contributed by atoms with E-state index >= 15 is 0 Å². The van der Waals surface area contributed by atoms with E-state index < -0.39 is 11.7 Å². The molecule has 8 heteroatoms. The van der Waals surface area contributed by atoms with Crippen LogP contribution in [0.5, 0.6) is 0 Å². The second kappa shape index (κ2) is 6.19. The fraction of sp³-hybridized carbons (Fsp3) is 0.333. The number of nitrogens with one attached hydrogen (secondary N) is 1. The Morgan fingerprint density at radius 1 is 1.35 bits per heavy atom. The molecule has 0 radical (unpaired) electrons. The average molecular weight is 303 g/mol. The summed E-state index contributed by atoms with van der Waals surface area (Å²) in [6.07, 6.45) is -4.37. The smallest absolute Gasteiger partial charge is 0.383 e. The Labute approximate surface area is 117 Å². The van der Waals surface area contributed by atoms with Gasteiger partial charge < -0.3 is 10.1 Å². The molecule has 2 rings (SSSR count). The maximum absolute atomic E-state index is 12.6. The van der Waals surface area contributed by atoms with Gasteiger partial charge in [0.15, 0.2) is 5.82 Å². The predicted octanol–water partition coefficient (Wildman–Crippen LogP) is 3.28. The van der Waals surface area contributed by atoms with Crippen LogP contribution < -0.4 is 5.32 Å². The molecule has 0 amide bonds. The molecule has 0 aliphatic rings. The summed E-state index contributed by atoms with van der Waals surface area (Å²) in [6.45, 7) is 1.08. The van der Waals surface area contributed by atoms with Crippen LogP contribution in [0.15, 0.2) is 24.3 Å². The van der Waals surface area contributed by atoms with Gasteiger partial charge >= 0.3 is 6.18 Å². The van der Waals surface area contributed by atoms with Crippen LogP contribution in [0, 0.1) is 0 Å². The SMILES string of the molecule is COCCNc1nc(-c2cccc(C(F)(F)F)c2)ns1. The highest BCUT2D eigenvalue weighted by atomic mass is 32.1. The zero-order valence-corrected chi connectivity index (χ0v) is 11.4. The van der Waals surface area contributed by atoms with Crippen molar-refractivity contribution in [1.29, 1.82) is 0 Å². The van der Waals surface area contributed by atoms with Gasteiger partial charge in [-0.25, -0.2) is 0 Å². The van der Waals surface area contributed by atoms with E-state index in [9.17, 15) is 13.2 Å². The Hall–Kier alpha value is -1.67. The van der Waals surface area contributed by atoms with Crippen molar-refractivity contribution in [2.75, 3.05) is 25.6 Å². The number of anilines is 1. The quantitative estimate of drug-likeness (QED) is 0.861. The van der Waals surface area contributed by atoms with Crippen molar-refractivity contribution in [3.63, 3.8) is 0 Å². The van der Waals surface area contributed by atoms with E-state index in [1.807, 2.05) is 0 Å². The number of alkyl halides is 3. The summed E-state index contributed by atoms with van der Waals surface area (Å²) in [5, 5.41) is 3.53. The third kappa shape index (κ3) is 3.67. The number of ether oxygens (including phenoxy) is 1. The minimum absolute atomic E-state index is 0.279. The number of hydrogen-bond donors (Lipinski definition) is 1. The van der Waals surface area contributed by atoms with Crippen molar-refractivity contribution in [2.45, 2.75) is 6.18 Å². The third-order valence-corrected chi connectivity index (χ3v) is 3.13. The first-order chi connectivity index (χ1) is 9.50. The van der Waals surface area contributed by atoms with Gasteiger partial charge in [0.1, 0.15) is 0 Å². The van der Waals surface area contributed by atoms with Gasteiger partial charge in [0.2, 0.25) is 5.13 Å². The third-order valence-electron chi connectivity index (χ3n) is 2.46. The maximum Gasteiger partial charge on any atom is 0.416 e. The summed E-state index contributed by atoms with van der Waals surface area (Å²) in [6, 6.07) is 4.96. The highest BCUT2D eigenvalue weighted by molar-refractivity contribution is 7.09. The average Bonchev–Trinajstić information content (AvgIpc) is 2.87. The van der Waals surface area contributed by atoms with Crippen LogP contribution in [0.25, 0.3) is 11.4 Å². The Bertz CT molecular complexity index is 571. The zero-order valence-electron chi connectivity index (χ0n) is 10.6. The highest BCUT2D eigenvalue weighted by Crippen LogP contribution is 2.32. The van der Waals surface area contributed by atoms with Crippen LogP contribution >= 0.6 is 11.5 Å². The van der Waals surface area contributed by atoms with Gasteiger partial charge in [-0.15, -0.1) is 0 Å². The number of methoxy groups -OCH3 is 1. The molecule has 1 N–H and O–H groups in total. The summed E-state index contributed by atoms with van der Waals surface area (Å²) < 4.78 is 46.8. The fourth-order valence-corrected chi connectivity index (χ4v) is 2.12. The van der Waals surface area contributed by atoms with Crippen LogP contribution in [-0.2, 0) is 10.9 Å². The molecular weight excluding hydrogens is 291 g/mol. The summed E-state index contributed by atoms with van der Waals surface area (Å²) in [4.78, 5) is 4.15. The van der Waals surface area contributed by atoms with Crippen LogP contribution in [0.4, 0.5) is 18.3 Å². The Balaban J connectivity index is 2.16. The molecule has 0 atom stereocenters. The number of nitrogens with zero attached hydrogens (tertiary/aromatic N) is 2. The number of benzene rings is 1. The van der Waals surface area contributed by atoms with Gasteiger partial charge in [0.25, 0.3) is 0 Å². The molecule has 0 unspecified atom stereocenters. The highest BCUT2D eigenvalue weighted by Gasteiger charge is 2.30. The van der Waals surface area contributed by atoms with Gasteiger partial charge in [-0.05, 0) is 12.1 Å². The van der Waals surface area contributed by atoms with Crippen molar-refractivity contribution in [3.05, 3.63) is 29.8 Å². The van der Waals surface area contributed by atoms with Gasteiger partial charge in [-0.2, -0.15) is 22.5 Å². The summed E-state index contributed by atoms with van der Waals surface area (Å²) >= 11 is 1.10. The predicted molar refractivity (Wildman–Crippen MR) is 70.7 cm³/mol. The maximum atomic E-state index is 12.6. The van der Waals surface area contributed by atoms with E-state index in [4.69, 9.17) is 4.74 Å². The Morgan fingerprint density at radius 3 is 2.85 bits per heavy atom. The molecule has 0 bridgehead atoms. The lowest BCUT2D eigenvalue weighted by Crippen LogP contribution is -2.07. The first kappa shape index (κ1) is 14.7. The van der Waals surface area contributed by atoms with E-state index in [1.165, 1.54) is 6.07 Å². The number of aromatic nitrogens is 2. The standard InChI is InChI=1S/C12H12F3N3OS/c1-19-6-5-16-11-17-10(18-20-11)8-3-2-4-9(7-8)12(13,14)15/h2-4,7H,5-6H2,1H3,(H,16,17,18). The van der Waals surface area contributed by atoms with Crippen LogP contribution in [0.2, 0.25) is 0 Å². The van der Waals surface area contributed by atoms with E-state index in [2.05, 4.69) is 14.7 Å². The van der Waals surface area contributed by atoms with E-state index in [1.54, 1.807) is 13.2 Å². The minimum Gasteiger partial charge on any atom is -0.383 e. The van der Waals surface area contributed by atoms with Crippen molar-refractivity contribution < 1.29 is 17.9 Å². The van der Waals surface area contributed by atoms with Crippen molar-refractivity contribution in [3.8, 4) is 11.4 Å². The lowest BCUT2D eigenvalue weighted by molar-refractivity contribution is -0.137. The van der Waals surface area contributed by atoms with Crippen molar-refractivity contribution in [1.82, 2.24) is 9.36 Å². The second-order valence-electron chi connectivity index (χ2n) is 3.92. The van der Waals surface area contributed by atoms with Gasteiger partial charge in [0.05, 0.1) is 12.2 Å². The molecule has 4 nitrogen and oxygen atoms in total.